The average molecular weight is 200 g/mol. The Labute approximate surface area is 76.1 Å². The van der Waals surface area contributed by atoms with Gasteiger partial charge in [-0.25, -0.2) is 0 Å². The summed E-state index contributed by atoms with van der Waals surface area (Å²) in [6.45, 7) is 0. The highest BCUT2D eigenvalue weighted by Crippen LogP contribution is 2.01. The van der Waals surface area contributed by atoms with E-state index >= 15 is 0 Å². The molecule has 0 radical (unpaired) electrons. The average Bonchev–Trinajstić information content (AvgIpc) is 2.04. The molecular weight excluding hydrogens is 190 g/mol. The van der Waals surface area contributed by atoms with Crippen LogP contribution < -0.4 is 15.9 Å². The number of guanidine groups is 1. The monoisotopic (exact) mass is 200 g/mol. The van der Waals surface area contributed by atoms with E-state index in [9.17, 15) is 8.42 Å². The molecule has 5 nitrogen and oxygen atoms in total. The second-order valence-electron chi connectivity index (χ2n) is 2.37. The van der Waals surface area contributed by atoms with Crippen LogP contribution in [0, 0.1) is 0 Å². The molecule has 0 bridgehead atoms. The fourth-order valence-electron chi connectivity index (χ4n) is 0.814. The molecule has 0 amide bonds. The van der Waals surface area contributed by atoms with Crippen LogP contribution in [0.5, 0.6) is 0 Å². The Morgan fingerprint density at radius 3 is 2.15 bits per heavy atom. The van der Waals surface area contributed by atoms with Crippen LogP contribution >= 0.6 is 0 Å². The Morgan fingerprint density at radius 2 is 1.69 bits per heavy atom. The SMILES string of the molecule is NC(N)=[NH+]S(=O)(=O)c1ccccc1. The molecule has 0 atom stereocenters. The zero-order chi connectivity index (χ0) is 9.90. The molecule has 0 aromatic heterocycles. The van der Waals surface area contributed by atoms with Crippen molar-refractivity contribution in [1.29, 1.82) is 0 Å². The molecule has 0 unspecified atom stereocenters. The minimum absolute atomic E-state index is 0.128. The highest BCUT2D eigenvalue weighted by atomic mass is 32.2. The Bertz CT molecular complexity index is 407. The molecule has 1 aromatic carbocycles. The fraction of sp³-hybridized carbons (Fsp3) is 0. The minimum Gasteiger partial charge on any atom is -0.290 e. The molecule has 0 heterocycles. The Morgan fingerprint density at radius 1 is 1.15 bits per heavy atom. The van der Waals surface area contributed by atoms with Crippen LogP contribution in [0.2, 0.25) is 0 Å². The Hall–Kier alpha value is -1.56. The van der Waals surface area contributed by atoms with Crippen LogP contribution in [0.4, 0.5) is 0 Å². The van der Waals surface area contributed by atoms with Crippen molar-refractivity contribution in [3.8, 4) is 0 Å². The van der Waals surface area contributed by atoms with Gasteiger partial charge in [0.1, 0.15) is 4.90 Å². The summed E-state index contributed by atoms with van der Waals surface area (Å²) in [5, 5.41) is 0. The van der Waals surface area contributed by atoms with Gasteiger partial charge in [0.05, 0.1) is 0 Å². The number of benzene rings is 1. The molecule has 5 N–H and O–H groups in total. The van der Waals surface area contributed by atoms with Crippen molar-refractivity contribution >= 4 is 16.0 Å². The van der Waals surface area contributed by atoms with Gasteiger partial charge in [-0.3, -0.25) is 11.5 Å². The maximum atomic E-state index is 11.4. The molecule has 0 fully saturated rings. The standard InChI is InChI=1S/C7H9N3O2S/c8-7(9)10-13(11,12)6-4-2-1-3-5-6/h1-5H,(H4,8,9,10)/p+1. The fourth-order valence-corrected chi connectivity index (χ4v) is 1.76. The minimum atomic E-state index is -3.60. The smallest absolute Gasteiger partial charge is 0.290 e. The van der Waals surface area contributed by atoms with Crippen LogP contribution in [0.15, 0.2) is 35.2 Å². The highest BCUT2D eigenvalue weighted by Gasteiger charge is 2.12. The predicted molar refractivity (Wildman–Crippen MR) is 48.0 cm³/mol. The van der Waals surface area contributed by atoms with E-state index in [0.29, 0.717) is 0 Å². The summed E-state index contributed by atoms with van der Waals surface area (Å²) >= 11 is 0. The highest BCUT2D eigenvalue weighted by molar-refractivity contribution is 7.84. The maximum absolute atomic E-state index is 11.4. The molecule has 1 aromatic rings. The van der Waals surface area contributed by atoms with Crippen molar-refractivity contribution in [2.24, 2.45) is 11.5 Å². The third-order valence-electron chi connectivity index (χ3n) is 1.31. The van der Waals surface area contributed by atoms with Gasteiger partial charge in [0.2, 0.25) is 0 Å². The van der Waals surface area contributed by atoms with E-state index in [1.54, 1.807) is 18.2 Å². The van der Waals surface area contributed by atoms with Gasteiger partial charge in [0, 0.05) is 0 Å². The van der Waals surface area contributed by atoms with Gasteiger partial charge in [0.25, 0.3) is 0 Å². The van der Waals surface area contributed by atoms with Gasteiger partial charge < -0.3 is 0 Å². The van der Waals surface area contributed by atoms with E-state index in [2.05, 4.69) is 0 Å². The van der Waals surface area contributed by atoms with Crippen molar-refractivity contribution in [1.82, 2.24) is 0 Å². The molecule has 13 heavy (non-hydrogen) atoms. The Balaban J connectivity index is 3.18. The second kappa shape index (κ2) is 3.44. The van der Waals surface area contributed by atoms with Crippen LogP contribution in [0.3, 0.4) is 0 Å². The van der Waals surface area contributed by atoms with E-state index in [1.165, 1.54) is 12.1 Å². The molecule has 0 saturated carbocycles. The third-order valence-corrected chi connectivity index (χ3v) is 2.70. The first kappa shape index (κ1) is 9.53. The van der Waals surface area contributed by atoms with Crippen molar-refractivity contribution in [2.75, 3.05) is 0 Å². The molecule has 0 saturated heterocycles. The molecule has 0 spiro atoms. The van der Waals surface area contributed by atoms with Crippen LogP contribution in [-0.2, 0) is 10.0 Å². The van der Waals surface area contributed by atoms with Crippen molar-refractivity contribution in [3.05, 3.63) is 30.3 Å². The Kier molecular flexibility index (Phi) is 2.52. The van der Waals surface area contributed by atoms with E-state index in [4.69, 9.17) is 11.5 Å². The normalized spacial score (nSPS) is 10.8. The predicted octanol–water partition coefficient (Wildman–Crippen LogP) is -2.27. The number of nitrogens with one attached hydrogen (secondary N) is 1. The second-order valence-corrected chi connectivity index (χ2v) is 4.06. The molecule has 1 rings (SSSR count). The summed E-state index contributed by atoms with van der Waals surface area (Å²) in [5.41, 5.74) is 10.0. The first-order valence-corrected chi connectivity index (χ1v) is 4.96. The van der Waals surface area contributed by atoms with E-state index in [-0.39, 0.29) is 10.9 Å². The summed E-state index contributed by atoms with van der Waals surface area (Å²) in [7, 11) is -3.60. The summed E-state index contributed by atoms with van der Waals surface area (Å²) in [6, 6.07) is 7.84. The number of rotatable bonds is 2. The maximum Gasteiger partial charge on any atom is 0.353 e. The van der Waals surface area contributed by atoms with Gasteiger partial charge in [-0.05, 0) is 12.1 Å². The van der Waals surface area contributed by atoms with Crippen molar-refractivity contribution in [2.45, 2.75) is 4.90 Å². The largest absolute Gasteiger partial charge is 0.353 e. The topological polar surface area (TPSA) is 100 Å². The zero-order valence-corrected chi connectivity index (χ0v) is 7.58. The van der Waals surface area contributed by atoms with Gasteiger partial charge in [-0.2, -0.15) is 12.8 Å². The van der Waals surface area contributed by atoms with E-state index in [0.717, 1.165) is 0 Å². The van der Waals surface area contributed by atoms with Crippen LogP contribution in [-0.4, -0.2) is 14.4 Å². The van der Waals surface area contributed by atoms with Gasteiger partial charge in [-0.15, -0.1) is 0 Å². The van der Waals surface area contributed by atoms with Crippen molar-refractivity contribution < 1.29 is 12.8 Å². The summed E-state index contributed by atoms with van der Waals surface area (Å²) < 4.78 is 24.7. The third kappa shape index (κ3) is 2.45. The quantitative estimate of drug-likeness (QED) is 0.370. The lowest BCUT2D eigenvalue weighted by Gasteiger charge is -1.95. The van der Waals surface area contributed by atoms with Crippen molar-refractivity contribution in [3.63, 3.8) is 0 Å². The van der Waals surface area contributed by atoms with Gasteiger partial charge in [-0.1, -0.05) is 18.2 Å². The molecule has 70 valence electrons. The lowest BCUT2D eigenvalue weighted by molar-refractivity contribution is -0.270. The first-order chi connectivity index (χ1) is 6.02. The number of hydrogen-bond acceptors (Lipinski definition) is 2. The summed E-state index contributed by atoms with van der Waals surface area (Å²) in [4.78, 5) is 0.128. The van der Waals surface area contributed by atoms with Gasteiger partial charge in [0.15, 0.2) is 0 Å². The number of nitrogens with two attached hydrogens (primary N) is 2. The number of hydrogen-bond donors (Lipinski definition) is 3. The summed E-state index contributed by atoms with van der Waals surface area (Å²) in [6.07, 6.45) is 0. The first-order valence-electron chi connectivity index (χ1n) is 3.48. The van der Waals surface area contributed by atoms with Crippen LogP contribution in [0.1, 0.15) is 0 Å². The van der Waals surface area contributed by atoms with E-state index in [1.807, 2.05) is 4.40 Å². The van der Waals surface area contributed by atoms with E-state index < -0.39 is 10.0 Å². The lowest BCUT2D eigenvalue weighted by atomic mass is 10.4. The molecule has 6 heteroatoms. The zero-order valence-electron chi connectivity index (χ0n) is 6.77. The molecule has 0 aliphatic carbocycles. The molecular formula is C7H10N3O2S+. The lowest BCUT2D eigenvalue weighted by Crippen LogP contribution is -2.80. The summed E-state index contributed by atoms with van der Waals surface area (Å²) in [5.74, 6) is -0.344. The molecule has 0 aliphatic heterocycles. The number of sulfonamides is 1. The van der Waals surface area contributed by atoms with Gasteiger partial charge >= 0.3 is 16.0 Å². The molecule has 0 aliphatic rings. The van der Waals surface area contributed by atoms with Crippen LogP contribution in [0.25, 0.3) is 0 Å².